The van der Waals surface area contributed by atoms with E-state index in [1.54, 1.807) is 0 Å². The van der Waals surface area contributed by atoms with Crippen LogP contribution in [-0.2, 0) is 12.0 Å². The second kappa shape index (κ2) is 3.66. The normalized spacial score (nSPS) is 41.1. The molecule has 2 fully saturated rings. The lowest BCUT2D eigenvalue weighted by molar-refractivity contribution is -0.962. The monoisotopic (exact) mass is 295 g/mol. The maximum absolute atomic E-state index is 11.6. The molecular weight excluding hydrogens is 272 g/mol. The van der Waals surface area contributed by atoms with Crippen molar-refractivity contribution in [2.24, 2.45) is 0 Å². The molecule has 22 heavy (non-hydrogen) atoms. The smallest absolute Gasteiger partial charge is 0.171 e. The highest BCUT2D eigenvalue weighted by Crippen LogP contribution is 2.62. The number of aromatic nitrogens is 1. The number of rotatable bonds is 0. The number of fused-ring (bicyclic) bond motifs is 3. The molecule has 114 valence electrons. The Balaban J connectivity index is 1.86. The van der Waals surface area contributed by atoms with Gasteiger partial charge in [0.05, 0.1) is 18.8 Å². The summed E-state index contributed by atoms with van der Waals surface area (Å²) in [5.74, 6) is 0. The molecular formula is C19H23N2O+. The van der Waals surface area contributed by atoms with Crippen LogP contribution in [0.2, 0.25) is 0 Å². The maximum atomic E-state index is 11.6. The average Bonchev–Trinajstić information content (AvgIpc) is 3.08. The Morgan fingerprint density at radius 1 is 1.27 bits per heavy atom. The van der Waals surface area contributed by atoms with Crippen LogP contribution in [0.4, 0.5) is 0 Å². The summed E-state index contributed by atoms with van der Waals surface area (Å²) >= 11 is 0. The Hall–Kier alpha value is -1.58. The van der Waals surface area contributed by atoms with Crippen LogP contribution in [0.5, 0.6) is 0 Å². The summed E-state index contributed by atoms with van der Waals surface area (Å²) in [7, 11) is 0. The van der Waals surface area contributed by atoms with E-state index in [-0.39, 0.29) is 5.54 Å². The van der Waals surface area contributed by atoms with Crippen LogP contribution >= 0.6 is 0 Å². The molecule has 3 heteroatoms. The van der Waals surface area contributed by atoms with Crippen LogP contribution in [0.15, 0.2) is 35.9 Å². The lowest BCUT2D eigenvalue weighted by Crippen LogP contribution is -2.61. The van der Waals surface area contributed by atoms with Gasteiger partial charge in [-0.05, 0) is 25.5 Å². The summed E-state index contributed by atoms with van der Waals surface area (Å²) < 4.78 is 1.03. The van der Waals surface area contributed by atoms with Gasteiger partial charge in [-0.2, -0.15) is 0 Å². The molecule has 0 spiro atoms. The van der Waals surface area contributed by atoms with E-state index >= 15 is 0 Å². The van der Waals surface area contributed by atoms with Crippen molar-refractivity contribution >= 4 is 10.9 Å². The van der Waals surface area contributed by atoms with Crippen molar-refractivity contribution in [1.82, 2.24) is 4.98 Å². The molecule has 3 atom stereocenters. The standard InChI is InChI=1S/C19H23N2O/c1-3-13-12-21-10-8-15-14-6-4-5-7-16(14)20-17(15)18(21,2)19(13,22)9-11-21/h3-7,20,22H,8-12H2,1-2H3/q+1/b13-3-/t18-,19+,21+/m0/s1. The van der Waals surface area contributed by atoms with Gasteiger partial charge in [0.25, 0.3) is 0 Å². The van der Waals surface area contributed by atoms with Gasteiger partial charge >= 0.3 is 0 Å². The molecule has 2 aromatic rings. The third-order valence-corrected chi connectivity index (χ3v) is 7.10. The summed E-state index contributed by atoms with van der Waals surface area (Å²) in [5, 5.41) is 13.0. The first-order valence-corrected chi connectivity index (χ1v) is 8.40. The number of aliphatic hydroxyl groups is 1. The highest BCUT2D eigenvalue weighted by atomic mass is 16.3. The lowest BCUT2D eigenvalue weighted by Gasteiger charge is -2.47. The van der Waals surface area contributed by atoms with Crippen molar-refractivity contribution in [3.8, 4) is 0 Å². The molecule has 5 rings (SSSR count). The number of nitrogens with zero attached hydrogens (tertiary/aromatic N) is 1. The highest BCUT2D eigenvalue weighted by Gasteiger charge is 2.75. The summed E-state index contributed by atoms with van der Waals surface area (Å²) in [5.41, 5.74) is 4.28. The number of benzene rings is 1. The Morgan fingerprint density at radius 2 is 2.09 bits per heavy atom. The van der Waals surface area contributed by atoms with E-state index in [0.29, 0.717) is 0 Å². The van der Waals surface area contributed by atoms with Gasteiger partial charge in [-0.1, -0.05) is 24.3 Å². The van der Waals surface area contributed by atoms with Crippen molar-refractivity contribution in [3.63, 3.8) is 0 Å². The molecule has 0 aliphatic carbocycles. The molecule has 0 unspecified atom stereocenters. The fraction of sp³-hybridized carbons (Fsp3) is 0.474. The lowest BCUT2D eigenvalue weighted by atomic mass is 9.74. The Morgan fingerprint density at radius 3 is 2.91 bits per heavy atom. The fourth-order valence-corrected chi connectivity index (χ4v) is 5.79. The zero-order chi connectivity index (χ0) is 15.2. The van der Waals surface area contributed by atoms with Crippen LogP contribution in [-0.4, -0.2) is 39.8 Å². The van der Waals surface area contributed by atoms with Gasteiger partial charge in [0.15, 0.2) is 11.1 Å². The average molecular weight is 295 g/mol. The summed E-state index contributed by atoms with van der Waals surface area (Å²) in [4.78, 5) is 3.69. The molecule has 2 bridgehead atoms. The van der Waals surface area contributed by atoms with Gasteiger partial charge in [0, 0.05) is 29.3 Å². The Labute approximate surface area is 130 Å². The summed E-state index contributed by atoms with van der Waals surface area (Å²) in [6.45, 7) is 7.63. The molecule has 0 saturated carbocycles. The maximum Gasteiger partial charge on any atom is 0.171 e. The van der Waals surface area contributed by atoms with Crippen molar-refractivity contribution in [3.05, 3.63) is 47.2 Å². The third-order valence-electron chi connectivity index (χ3n) is 7.10. The zero-order valence-electron chi connectivity index (χ0n) is 13.3. The minimum Gasteiger partial charge on any atom is -0.378 e. The van der Waals surface area contributed by atoms with Crippen molar-refractivity contribution in [1.29, 1.82) is 0 Å². The topological polar surface area (TPSA) is 36.0 Å². The number of para-hydroxylation sites is 1. The number of aromatic amines is 1. The molecule has 1 aromatic heterocycles. The largest absolute Gasteiger partial charge is 0.378 e. The number of quaternary nitrogens is 1. The minimum atomic E-state index is -0.683. The van der Waals surface area contributed by atoms with Crippen LogP contribution in [0.25, 0.3) is 10.9 Å². The van der Waals surface area contributed by atoms with E-state index in [2.05, 4.69) is 49.2 Å². The second-order valence-electron chi connectivity index (χ2n) is 7.52. The number of piperidine rings is 1. The fourth-order valence-electron chi connectivity index (χ4n) is 5.79. The number of H-pyrrole nitrogens is 1. The minimum absolute atomic E-state index is 0.221. The highest BCUT2D eigenvalue weighted by molar-refractivity contribution is 5.85. The van der Waals surface area contributed by atoms with E-state index in [1.807, 2.05) is 0 Å². The molecule has 3 aliphatic rings. The molecule has 0 radical (unpaired) electrons. The quantitative estimate of drug-likeness (QED) is 0.569. The second-order valence-corrected chi connectivity index (χ2v) is 7.52. The molecule has 1 aromatic carbocycles. The summed E-state index contributed by atoms with van der Waals surface area (Å²) in [6, 6.07) is 8.59. The first-order chi connectivity index (χ1) is 10.6. The van der Waals surface area contributed by atoms with E-state index in [4.69, 9.17) is 0 Å². The predicted octanol–water partition coefficient (Wildman–Crippen LogP) is 2.85. The molecule has 3 nitrogen and oxygen atoms in total. The number of hydrogen-bond acceptors (Lipinski definition) is 1. The molecule has 3 aliphatic heterocycles. The SMILES string of the molecule is C/C=C1/C[N@+]23CCc4c([nH]c5ccccc45)[C@@]2(C)[C@@]1(O)CC3. The van der Waals surface area contributed by atoms with E-state index < -0.39 is 5.60 Å². The molecule has 2 N–H and O–H groups in total. The van der Waals surface area contributed by atoms with E-state index in [1.165, 1.54) is 27.7 Å². The first-order valence-electron chi connectivity index (χ1n) is 8.40. The van der Waals surface area contributed by atoms with Crippen LogP contribution in [0, 0.1) is 0 Å². The first kappa shape index (κ1) is 12.9. The van der Waals surface area contributed by atoms with Crippen molar-refractivity contribution in [2.45, 2.75) is 37.8 Å². The number of hydrogen-bond donors (Lipinski definition) is 2. The van der Waals surface area contributed by atoms with Crippen LogP contribution < -0.4 is 0 Å². The Bertz CT molecular complexity index is 835. The summed E-state index contributed by atoms with van der Waals surface area (Å²) in [6.07, 6.45) is 4.16. The number of nitrogens with one attached hydrogen (secondary N) is 1. The Kier molecular flexibility index (Phi) is 2.15. The van der Waals surface area contributed by atoms with Crippen molar-refractivity contribution in [2.75, 3.05) is 19.6 Å². The predicted molar refractivity (Wildman–Crippen MR) is 87.5 cm³/mol. The third kappa shape index (κ3) is 1.10. The van der Waals surface area contributed by atoms with E-state index in [9.17, 15) is 5.11 Å². The zero-order valence-corrected chi connectivity index (χ0v) is 13.3. The van der Waals surface area contributed by atoms with Crippen molar-refractivity contribution < 1.29 is 9.59 Å². The van der Waals surface area contributed by atoms with Gasteiger partial charge in [0.2, 0.25) is 0 Å². The van der Waals surface area contributed by atoms with Gasteiger partial charge in [-0.25, -0.2) is 0 Å². The van der Waals surface area contributed by atoms with Crippen LogP contribution in [0.1, 0.15) is 31.5 Å². The van der Waals surface area contributed by atoms with Gasteiger partial charge < -0.3 is 14.6 Å². The van der Waals surface area contributed by atoms with Gasteiger partial charge in [0.1, 0.15) is 6.54 Å². The molecule has 4 heterocycles. The van der Waals surface area contributed by atoms with E-state index in [0.717, 1.165) is 37.0 Å². The van der Waals surface area contributed by atoms with Crippen LogP contribution in [0.3, 0.4) is 0 Å². The number of allylic oxidation sites excluding steroid dienone is 1. The van der Waals surface area contributed by atoms with Gasteiger partial charge in [-0.15, -0.1) is 0 Å². The molecule has 2 saturated heterocycles. The van der Waals surface area contributed by atoms with Gasteiger partial charge in [-0.3, -0.25) is 0 Å². The molecule has 0 amide bonds.